The predicted molar refractivity (Wildman–Crippen MR) is 122 cm³/mol. The summed E-state index contributed by atoms with van der Waals surface area (Å²) >= 11 is 0. The second kappa shape index (κ2) is 9.08. The number of halogens is 3. The summed E-state index contributed by atoms with van der Waals surface area (Å²) in [4.78, 5) is 37.1. The van der Waals surface area contributed by atoms with Gasteiger partial charge in [0.15, 0.2) is 0 Å². The van der Waals surface area contributed by atoms with E-state index in [1.54, 1.807) is 6.92 Å². The highest BCUT2D eigenvalue weighted by Crippen LogP contribution is 2.37. The molecule has 5 rings (SSSR count). The number of likely N-dealkylation sites (tertiary alicyclic amines) is 1. The predicted octanol–water partition coefficient (Wildman–Crippen LogP) is 2.43. The first-order valence-electron chi connectivity index (χ1n) is 11.5. The van der Waals surface area contributed by atoms with Gasteiger partial charge in [-0.25, -0.2) is 23.1 Å². The van der Waals surface area contributed by atoms with Gasteiger partial charge in [0, 0.05) is 17.8 Å². The van der Waals surface area contributed by atoms with Gasteiger partial charge in [0.2, 0.25) is 5.91 Å². The molecule has 1 aliphatic carbocycles. The number of carbonyl (C=O) groups excluding carboxylic acids is 2. The van der Waals surface area contributed by atoms with Crippen molar-refractivity contribution in [3.05, 3.63) is 41.6 Å². The van der Waals surface area contributed by atoms with Gasteiger partial charge in [0.05, 0.1) is 24.2 Å². The topological polar surface area (TPSA) is 120 Å². The van der Waals surface area contributed by atoms with Crippen LogP contribution in [-0.4, -0.2) is 75.0 Å². The van der Waals surface area contributed by atoms with Crippen molar-refractivity contribution in [2.75, 3.05) is 26.3 Å². The summed E-state index contributed by atoms with van der Waals surface area (Å²) in [5.41, 5.74) is 1.57. The molecule has 2 aromatic heterocycles. The first-order chi connectivity index (χ1) is 17.2. The number of carbonyl (C=O) groups is 2. The van der Waals surface area contributed by atoms with Crippen LogP contribution in [0.15, 0.2) is 24.5 Å². The number of aliphatic hydroxyl groups is 1. The number of nitrogens with one attached hydrogen (secondary N) is 2. The van der Waals surface area contributed by atoms with Crippen molar-refractivity contribution < 1.29 is 32.6 Å². The number of nitrogens with zero attached hydrogens (tertiary/aromatic N) is 3. The van der Waals surface area contributed by atoms with Gasteiger partial charge >= 0.3 is 0 Å². The molecule has 0 bridgehead atoms. The number of amides is 2. The van der Waals surface area contributed by atoms with E-state index in [9.17, 15) is 22.8 Å². The van der Waals surface area contributed by atoms with Crippen molar-refractivity contribution in [2.45, 2.75) is 31.7 Å². The Morgan fingerprint density at radius 2 is 2.08 bits per heavy atom. The van der Waals surface area contributed by atoms with Crippen LogP contribution < -0.4 is 10.1 Å². The molecular formula is C24H24F3N5O4. The zero-order valence-corrected chi connectivity index (χ0v) is 19.4. The van der Waals surface area contributed by atoms with Crippen LogP contribution in [0.2, 0.25) is 0 Å². The van der Waals surface area contributed by atoms with E-state index >= 15 is 0 Å². The Morgan fingerprint density at radius 3 is 2.81 bits per heavy atom. The third kappa shape index (κ3) is 4.48. The average molecular weight is 503 g/mol. The minimum atomic E-state index is -3.38. The largest absolute Gasteiger partial charge is 0.493 e. The summed E-state index contributed by atoms with van der Waals surface area (Å²) in [6.07, 6.45) is 3.37. The minimum absolute atomic E-state index is 0.0354. The molecule has 190 valence electrons. The Labute approximate surface area is 203 Å². The number of rotatable bonds is 7. The molecule has 9 nitrogen and oxygen atoms in total. The van der Waals surface area contributed by atoms with Crippen LogP contribution in [0.4, 0.5) is 13.2 Å². The number of aliphatic hydroxyl groups excluding tert-OH is 1. The summed E-state index contributed by atoms with van der Waals surface area (Å²) in [5, 5.41) is 11.3. The summed E-state index contributed by atoms with van der Waals surface area (Å²) in [6.45, 7) is -0.157. The standard InChI is InChI=1S/C24H24F3N5O4/c1-12-19(23(35)31-17-7-32(18(34)8-33)10-24(17,26)27)21-22(30-12)20(28-11-29-21)15-6-14(25)4-5-16(15)36-9-13-2-3-13/h4-6,11,13,17,30,33H,2-3,7-10H2,1H3,(H,31,35). The highest BCUT2D eigenvalue weighted by atomic mass is 19.3. The second-order valence-corrected chi connectivity index (χ2v) is 9.19. The Balaban J connectivity index is 1.47. The number of hydrogen-bond acceptors (Lipinski definition) is 6. The number of ether oxygens (including phenoxy) is 1. The minimum Gasteiger partial charge on any atom is -0.493 e. The average Bonchev–Trinajstić information content (AvgIpc) is 3.53. The lowest BCUT2D eigenvalue weighted by molar-refractivity contribution is -0.134. The number of alkyl halides is 2. The quantitative estimate of drug-likeness (QED) is 0.456. The van der Waals surface area contributed by atoms with Gasteiger partial charge in [-0.15, -0.1) is 0 Å². The van der Waals surface area contributed by atoms with Gasteiger partial charge in [0.1, 0.15) is 41.8 Å². The maximum atomic E-state index is 14.5. The molecule has 2 fully saturated rings. The number of H-pyrrole nitrogens is 1. The molecule has 0 spiro atoms. The summed E-state index contributed by atoms with van der Waals surface area (Å²) in [7, 11) is 0. The van der Waals surface area contributed by atoms with Crippen molar-refractivity contribution in [1.82, 2.24) is 25.2 Å². The van der Waals surface area contributed by atoms with Crippen LogP contribution in [0.25, 0.3) is 22.3 Å². The van der Waals surface area contributed by atoms with Crippen molar-refractivity contribution in [3.63, 3.8) is 0 Å². The lowest BCUT2D eigenvalue weighted by atomic mass is 10.1. The Kier molecular flexibility index (Phi) is 6.07. The Hall–Kier alpha value is -3.67. The SMILES string of the molecule is Cc1[nH]c2c(-c3cc(F)ccc3OCC3CC3)ncnc2c1C(=O)NC1CN(C(=O)CO)CC1(F)F. The smallest absolute Gasteiger partial charge is 0.286 e. The molecule has 1 saturated carbocycles. The van der Waals surface area contributed by atoms with Crippen molar-refractivity contribution in [1.29, 1.82) is 0 Å². The normalized spacial score (nSPS) is 19.0. The number of aryl methyl sites for hydroxylation is 1. The fraction of sp³-hybridized carbons (Fsp3) is 0.417. The van der Waals surface area contributed by atoms with E-state index < -0.39 is 49.3 Å². The first-order valence-corrected chi connectivity index (χ1v) is 11.5. The van der Waals surface area contributed by atoms with E-state index in [2.05, 4.69) is 20.3 Å². The molecule has 36 heavy (non-hydrogen) atoms. The monoisotopic (exact) mass is 503 g/mol. The number of fused-ring (bicyclic) bond motifs is 1. The number of aromatic nitrogens is 3. The highest BCUT2D eigenvalue weighted by Gasteiger charge is 2.50. The molecule has 3 heterocycles. The van der Waals surface area contributed by atoms with Gasteiger partial charge in [-0.2, -0.15) is 0 Å². The van der Waals surface area contributed by atoms with E-state index in [0.717, 1.165) is 17.7 Å². The lowest BCUT2D eigenvalue weighted by Crippen LogP contribution is -2.46. The molecule has 2 aliphatic rings. The fourth-order valence-corrected chi connectivity index (χ4v) is 4.36. The third-order valence-corrected chi connectivity index (χ3v) is 6.47. The maximum Gasteiger partial charge on any atom is 0.286 e. The van der Waals surface area contributed by atoms with Crippen LogP contribution in [0, 0.1) is 18.7 Å². The van der Waals surface area contributed by atoms with E-state index in [1.165, 1.54) is 24.5 Å². The van der Waals surface area contributed by atoms with Crippen molar-refractivity contribution in [3.8, 4) is 17.0 Å². The molecule has 2 amide bonds. The summed E-state index contributed by atoms with van der Waals surface area (Å²) in [6, 6.07) is 2.45. The molecular weight excluding hydrogens is 479 g/mol. The lowest BCUT2D eigenvalue weighted by Gasteiger charge is -2.18. The molecule has 1 atom stereocenters. The van der Waals surface area contributed by atoms with Crippen molar-refractivity contribution in [2.24, 2.45) is 5.92 Å². The van der Waals surface area contributed by atoms with Crippen LogP contribution in [0.5, 0.6) is 5.75 Å². The number of benzene rings is 1. The third-order valence-electron chi connectivity index (χ3n) is 6.47. The van der Waals surface area contributed by atoms with Gasteiger partial charge < -0.3 is 25.0 Å². The first kappa shape index (κ1) is 24.0. The van der Waals surface area contributed by atoms with E-state index in [1.807, 2.05) is 0 Å². The van der Waals surface area contributed by atoms with E-state index in [-0.39, 0.29) is 11.1 Å². The highest BCUT2D eigenvalue weighted by molar-refractivity contribution is 6.09. The van der Waals surface area contributed by atoms with Crippen LogP contribution >= 0.6 is 0 Å². The van der Waals surface area contributed by atoms with Gasteiger partial charge in [0.25, 0.3) is 11.8 Å². The number of aromatic amines is 1. The molecule has 1 aromatic carbocycles. The van der Waals surface area contributed by atoms with Crippen LogP contribution in [0.1, 0.15) is 28.9 Å². The molecule has 12 heteroatoms. The van der Waals surface area contributed by atoms with Gasteiger partial charge in [-0.1, -0.05) is 0 Å². The van der Waals surface area contributed by atoms with Crippen LogP contribution in [0.3, 0.4) is 0 Å². The number of hydrogen-bond donors (Lipinski definition) is 3. The van der Waals surface area contributed by atoms with E-state index in [0.29, 0.717) is 40.7 Å². The summed E-state index contributed by atoms with van der Waals surface area (Å²) < 4.78 is 49.1. The summed E-state index contributed by atoms with van der Waals surface area (Å²) in [5.74, 6) is -4.63. The molecule has 1 aliphatic heterocycles. The zero-order valence-electron chi connectivity index (χ0n) is 19.4. The Morgan fingerprint density at radius 1 is 1.31 bits per heavy atom. The Bertz CT molecular complexity index is 1340. The van der Waals surface area contributed by atoms with Crippen molar-refractivity contribution >= 4 is 22.8 Å². The fourth-order valence-electron chi connectivity index (χ4n) is 4.36. The molecule has 3 N–H and O–H groups in total. The van der Waals surface area contributed by atoms with Gasteiger partial charge in [-0.3, -0.25) is 9.59 Å². The molecule has 3 aromatic rings. The maximum absolute atomic E-state index is 14.5. The van der Waals surface area contributed by atoms with Crippen LogP contribution in [-0.2, 0) is 4.79 Å². The molecule has 0 radical (unpaired) electrons. The molecule has 1 saturated heterocycles. The second-order valence-electron chi connectivity index (χ2n) is 9.19. The zero-order chi connectivity index (χ0) is 25.6. The van der Waals surface area contributed by atoms with Gasteiger partial charge in [-0.05, 0) is 43.9 Å². The molecule has 1 unspecified atom stereocenters. The van der Waals surface area contributed by atoms with E-state index in [4.69, 9.17) is 9.84 Å².